The maximum atomic E-state index is 13.4. The number of hydrogen-bond donors (Lipinski definition) is 2. The van der Waals surface area contributed by atoms with E-state index >= 15 is 0 Å². The molecule has 0 spiro atoms. The first kappa shape index (κ1) is 36.2. The number of esters is 4. The van der Waals surface area contributed by atoms with Crippen LogP contribution >= 0.6 is 23.2 Å². The van der Waals surface area contributed by atoms with Crippen LogP contribution in [0.25, 0.3) is 11.0 Å². The van der Waals surface area contributed by atoms with Gasteiger partial charge in [0, 0.05) is 26.7 Å². The van der Waals surface area contributed by atoms with Crippen molar-refractivity contribution in [2.24, 2.45) is 0 Å². The summed E-state index contributed by atoms with van der Waals surface area (Å²) < 4.78 is 20.6. The van der Waals surface area contributed by atoms with E-state index in [0.29, 0.717) is 0 Å². The van der Waals surface area contributed by atoms with Crippen molar-refractivity contribution in [1.29, 1.82) is 0 Å². The Morgan fingerprint density at radius 1 is 0.614 bits per heavy atom. The van der Waals surface area contributed by atoms with Crippen LogP contribution in [0, 0.1) is 0 Å². The number of nitrogens with zero attached hydrogens (tertiary/aromatic N) is 2. The fourth-order valence-electron chi connectivity index (χ4n) is 4.28. The number of rotatable bonds is 14. The van der Waals surface area contributed by atoms with Crippen LogP contribution in [0.15, 0.2) is 12.1 Å². The molecule has 14 nitrogen and oxygen atoms in total. The summed E-state index contributed by atoms with van der Waals surface area (Å²) in [6.07, 6.45) is -1.44. The van der Waals surface area contributed by atoms with Gasteiger partial charge in [-0.15, -0.1) is 0 Å². The van der Waals surface area contributed by atoms with Crippen molar-refractivity contribution in [3.63, 3.8) is 0 Å². The summed E-state index contributed by atoms with van der Waals surface area (Å²) in [7, 11) is 0. The number of halogens is 2. The third-order valence-corrected chi connectivity index (χ3v) is 6.72. The summed E-state index contributed by atoms with van der Waals surface area (Å²) in [4.78, 5) is 87.3. The van der Waals surface area contributed by atoms with Crippen molar-refractivity contribution in [3.8, 4) is 0 Å². The predicted octanol–water partition coefficient (Wildman–Crippen LogP) is 2.02. The predicted molar refractivity (Wildman–Crippen MR) is 157 cm³/mol. The van der Waals surface area contributed by atoms with Gasteiger partial charge in [-0.1, -0.05) is 23.2 Å². The third kappa shape index (κ3) is 8.11. The Morgan fingerprint density at radius 2 is 0.886 bits per heavy atom. The van der Waals surface area contributed by atoms with Gasteiger partial charge in [0.05, 0.1) is 58.9 Å². The second kappa shape index (κ2) is 15.6. The molecule has 0 radical (unpaired) electrons. The summed E-state index contributed by atoms with van der Waals surface area (Å²) in [5.41, 5.74) is -5.02. The Morgan fingerprint density at radius 3 is 1.11 bits per heavy atom. The molecule has 0 atom stereocenters. The summed E-state index contributed by atoms with van der Waals surface area (Å²) in [6.45, 7) is 7.47. The van der Waals surface area contributed by atoms with Crippen LogP contribution in [-0.4, -0.2) is 83.2 Å². The number of ether oxygens (including phenoxy) is 4. The number of aromatic nitrogens is 2. The van der Waals surface area contributed by atoms with E-state index in [-0.39, 0.29) is 58.9 Å². The normalized spacial score (nSPS) is 11.4. The number of hydrogen-bond acceptors (Lipinski definition) is 12. The summed E-state index contributed by atoms with van der Waals surface area (Å²) >= 11 is 12.4. The largest absolute Gasteiger partial charge is 0.464 e. The first-order chi connectivity index (χ1) is 20.7. The number of carbonyl (C=O) groups is 6. The van der Waals surface area contributed by atoms with Crippen molar-refractivity contribution in [2.45, 2.75) is 65.5 Å². The van der Waals surface area contributed by atoms with Crippen molar-refractivity contribution >= 4 is 69.9 Å². The van der Waals surface area contributed by atoms with E-state index in [9.17, 15) is 28.8 Å². The average molecular weight is 658 g/mol. The highest BCUT2D eigenvalue weighted by molar-refractivity contribution is 6.42. The SMILES string of the molecule is CCOC(=O)C(Cc1nc2cc(Cl)c(Cl)cc2nc1CC(NC(C)=O)(C(=O)OCC)C(=O)OCC)(NC(C)=O)C(=O)OCC. The maximum Gasteiger partial charge on any atom is 0.344 e. The molecule has 0 fully saturated rings. The summed E-state index contributed by atoms with van der Waals surface area (Å²) in [5.74, 6) is -6.25. The van der Waals surface area contributed by atoms with Crippen molar-refractivity contribution in [2.75, 3.05) is 26.4 Å². The summed E-state index contributed by atoms with van der Waals surface area (Å²) in [6, 6.07) is 2.73. The highest BCUT2D eigenvalue weighted by atomic mass is 35.5. The molecule has 1 aromatic carbocycles. The number of amides is 2. The molecule has 0 bridgehead atoms. The molecule has 44 heavy (non-hydrogen) atoms. The van der Waals surface area contributed by atoms with E-state index in [1.807, 2.05) is 0 Å². The molecule has 240 valence electrons. The highest BCUT2D eigenvalue weighted by Crippen LogP contribution is 2.30. The average Bonchev–Trinajstić information content (AvgIpc) is 2.93. The molecule has 2 rings (SSSR count). The Balaban J connectivity index is 3.01. The fraction of sp³-hybridized carbons (Fsp3) is 0.500. The molecule has 2 amide bonds. The van der Waals surface area contributed by atoms with E-state index in [0.717, 1.165) is 13.8 Å². The molecular formula is C28H34Cl2N4O10. The molecular weight excluding hydrogens is 623 g/mol. The first-order valence-electron chi connectivity index (χ1n) is 13.6. The molecule has 0 saturated carbocycles. The summed E-state index contributed by atoms with van der Waals surface area (Å²) in [5, 5.41) is 4.86. The van der Waals surface area contributed by atoms with Gasteiger partial charge >= 0.3 is 23.9 Å². The minimum atomic E-state index is -2.48. The maximum absolute atomic E-state index is 13.4. The number of benzene rings is 1. The van der Waals surface area contributed by atoms with Crippen LogP contribution in [0.4, 0.5) is 0 Å². The second-order valence-corrected chi connectivity index (χ2v) is 10.1. The van der Waals surface area contributed by atoms with Gasteiger partial charge in [0.1, 0.15) is 0 Å². The lowest BCUT2D eigenvalue weighted by Gasteiger charge is -2.32. The number of fused-ring (bicyclic) bond motifs is 1. The van der Waals surface area contributed by atoms with Crippen molar-refractivity contribution in [3.05, 3.63) is 33.6 Å². The van der Waals surface area contributed by atoms with E-state index in [1.54, 1.807) is 0 Å². The standard InChI is InChI=1S/C28H34Cl2N4O10/c1-7-41-23(37)27(33-15(5)35,24(38)42-8-2)13-21-22(32-20-12-18(30)17(29)11-19(20)31-21)14-28(34-16(6)36,25(39)43-9-3)26(40)44-10-4/h11-12H,7-10,13-14H2,1-6H3,(H,33,35)(H,34,36). The van der Waals surface area contributed by atoms with Crippen LogP contribution in [0.1, 0.15) is 52.9 Å². The third-order valence-electron chi connectivity index (χ3n) is 6.00. The Hall–Kier alpha value is -4.04. The van der Waals surface area contributed by atoms with Gasteiger partial charge < -0.3 is 29.6 Å². The zero-order valence-corrected chi connectivity index (χ0v) is 26.6. The highest BCUT2D eigenvalue weighted by Gasteiger charge is 2.54. The minimum absolute atomic E-state index is 0.0988. The van der Waals surface area contributed by atoms with Crippen LogP contribution in [0.3, 0.4) is 0 Å². The minimum Gasteiger partial charge on any atom is -0.464 e. The Bertz CT molecular complexity index is 1310. The molecule has 0 saturated heterocycles. The topological polar surface area (TPSA) is 189 Å². The van der Waals surface area contributed by atoms with Crippen molar-refractivity contribution in [1.82, 2.24) is 20.6 Å². The first-order valence-corrected chi connectivity index (χ1v) is 14.4. The molecule has 0 aliphatic heterocycles. The van der Waals surface area contributed by atoms with Gasteiger partial charge in [0.15, 0.2) is 0 Å². The van der Waals surface area contributed by atoms with Gasteiger partial charge in [-0.3, -0.25) is 9.59 Å². The zero-order valence-electron chi connectivity index (χ0n) is 25.1. The molecule has 1 aromatic heterocycles. The quantitative estimate of drug-likeness (QED) is 0.171. The van der Waals surface area contributed by atoms with E-state index < -0.39 is 59.6 Å². The molecule has 0 aliphatic carbocycles. The molecule has 0 aliphatic rings. The lowest BCUT2D eigenvalue weighted by Crippen LogP contribution is -2.63. The molecule has 1 heterocycles. The van der Waals surface area contributed by atoms with Gasteiger partial charge in [-0.05, 0) is 39.8 Å². The van der Waals surface area contributed by atoms with Crippen LogP contribution in [-0.2, 0) is 60.6 Å². The van der Waals surface area contributed by atoms with Crippen LogP contribution < -0.4 is 10.6 Å². The fourth-order valence-corrected chi connectivity index (χ4v) is 4.59. The number of carbonyl (C=O) groups excluding carboxylic acids is 6. The van der Waals surface area contributed by atoms with Gasteiger partial charge in [-0.2, -0.15) is 0 Å². The lowest BCUT2D eigenvalue weighted by atomic mass is 9.87. The lowest BCUT2D eigenvalue weighted by molar-refractivity contribution is -0.169. The van der Waals surface area contributed by atoms with Crippen molar-refractivity contribution < 1.29 is 47.7 Å². The Labute approximate surface area is 263 Å². The van der Waals surface area contributed by atoms with E-state index in [4.69, 9.17) is 42.1 Å². The van der Waals surface area contributed by atoms with E-state index in [1.165, 1.54) is 39.8 Å². The molecule has 2 N–H and O–H groups in total. The van der Waals surface area contributed by atoms with Gasteiger partial charge in [-0.25, -0.2) is 29.1 Å². The zero-order chi connectivity index (χ0) is 33.2. The monoisotopic (exact) mass is 656 g/mol. The molecule has 0 unspecified atom stereocenters. The Kier molecular flexibility index (Phi) is 12.8. The molecule has 16 heteroatoms. The van der Waals surface area contributed by atoms with Gasteiger partial charge in [0.25, 0.3) is 0 Å². The van der Waals surface area contributed by atoms with Crippen LogP contribution in [0.2, 0.25) is 10.0 Å². The van der Waals surface area contributed by atoms with E-state index in [2.05, 4.69) is 20.6 Å². The smallest absolute Gasteiger partial charge is 0.344 e. The van der Waals surface area contributed by atoms with Crippen LogP contribution in [0.5, 0.6) is 0 Å². The van der Waals surface area contributed by atoms with Gasteiger partial charge in [0.2, 0.25) is 22.9 Å². The number of nitrogens with one attached hydrogen (secondary N) is 2. The molecule has 2 aromatic rings. The second-order valence-electron chi connectivity index (χ2n) is 9.28.